The van der Waals surface area contributed by atoms with Crippen molar-refractivity contribution in [3.8, 4) is 5.19 Å². The van der Waals surface area contributed by atoms with Gasteiger partial charge in [0.1, 0.15) is 29.5 Å². The molecular formula is C37H43F4N5O6S2. The fourth-order valence-electron chi connectivity index (χ4n) is 7.80. The van der Waals surface area contributed by atoms with Crippen molar-refractivity contribution in [2.75, 3.05) is 11.9 Å². The van der Waals surface area contributed by atoms with Gasteiger partial charge in [0.25, 0.3) is 11.1 Å². The Balaban J connectivity index is 1.21. The van der Waals surface area contributed by atoms with Gasteiger partial charge in [0.2, 0.25) is 21.8 Å². The molecule has 3 aromatic rings. The van der Waals surface area contributed by atoms with E-state index in [4.69, 9.17) is 4.74 Å². The van der Waals surface area contributed by atoms with Crippen molar-refractivity contribution in [1.29, 1.82) is 0 Å². The number of aromatic nitrogens is 1. The van der Waals surface area contributed by atoms with Gasteiger partial charge in [-0.3, -0.25) is 19.1 Å². The Bertz CT molecular complexity index is 2020. The number of halogens is 4. The first-order chi connectivity index (χ1) is 25.5. The average molecular weight is 794 g/mol. The van der Waals surface area contributed by atoms with Crippen molar-refractivity contribution >= 4 is 55.0 Å². The molecule has 2 saturated carbocycles. The second kappa shape index (κ2) is 14.3. The molecule has 54 heavy (non-hydrogen) atoms. The number of anilines is 1. The highest BCUT2D eigenvalue weighted by atomic mass is 32.2. The molecule has 3 amide bonds. The summed E-state index contributed by atoms with van der Waals surface area (Å²) in [4.78, 5) is 48.7. The number of thiazole rings is 1. The second-order valence-corrected chi connectivity index (χ2v) is 18.7. The first-order valence-electron chi connectivity index (χ1n) is 18.3. The highest BCUT2D eigenvalue weighted by Crippen LogP contribution is 2.51. The molecule has 4 aliphatic rings. The normalized spacial score (nSPS) is 28.9. The van der Waals surface area contributed by atoms with Gasteiger partial charge in [0.05, 0.1) is 27.1 Å². The largest absolute Gasteiger partial charge is 0.465 e. The Labute approximate surface area is 314 Å². The number of nitrogens with one attached hydrogen (secondary N) is 3. The van der Waals surface area contributed by atoms with Crippen LogP contribution in [0.25, 0.3) is 10.2 Å². The van der Waals surface area contributed by atoms with E-state index in [9.17, 15) is 40.4 Å². The summed E-state index contributed by atoms with van der Waals surface area (Å²) in [6.07, 6.45) is -0.907. The lowest BCUT2D eigenvalue weighted by Crippen LogP contribution is -2.58. The number of fused-ring (bicyclic) bond motifs is 3. The number of hydrogen-bond acceptors (Lipinski definition) is 9. The Morgan fingerprint density at radius 2 is 1.80 bits per heavy atom. The van der Waals surface area contributed by atoms with Gasteiger partial charge in [0.15, 0.2) is 0 Å². The maximum absolute atomic E-state index is 14.5. The Morgan fingerprint density at radius 1 is 1.07 bits per heavy atom. The first kappa shape index (κ1) is 38.3. The maximum Gasteiger partial charge on any atom is 0.416 e. The molecule has 2 saturated heterocycles. The lowest BCUT2D eigenvalue weighted by atomic mass is 9.94. The van der Waals surface area contributed by atoms with E-state index in [1.54, 1.807) is 6.92 Å². The minimum absolute atomic E-state index is 0.00725. The molecule has 1 unspecified atom stereocenters. The topological polar surface area (TPSA) is 147 Å². The van der Waals surface area contributed by atoms with Gasteiger partial charge in [-0.15, -0.1) is 0 Å². The van der Waals surface area contributed by atoms with Crippen LogP contribution in [0.4, 0.5) is 23.2 Å². The lowest BCUT2D eigenvalue weighted by Gasteiger charge is -2.30. The van der Waals surface area contributed by atoms with E-state index >= 15 is 0 Å². The molecule has 2 aliphatic carbocycles. The van der Waals surface area contributed by atoms with Crippen molar-refractivity contribution in [1.82, 2.24) is 19.9 Å². The molecule has 2 aromatic carbocycles. The van der Waals surface area contributed by atoms with Crippen LogP contribution in [0.3, 0.4) is 0 Å². The number of carbonyl (C=O) groups excluding carboxylic acids is 3. The first-order valence-corrected chi connectivity index (χ1v) is 20.6. The molecule has 1 aromatic heterocycles. The number of rotatable bonds is 7. The molecular weight excluding hydrogens is 751 g/mol. The third-order valence-corrected chi connectivity index (χ3v) is 14.5. The van der Waals surface area contributed by atoms with E-state index in [-0.39, 0.29) is 43.3 Å². The zero-order valence-corrected chi connectivity index (χ0v) is 31.5. The zero-order valence-electron chi connectivity index (χ0n) is 29.9. The van der Waals surface area contributed by atoms with Crippen LogP contribution in [0.15, 0.2) is 42.5 Å². The number of hydrogen-bond donors (Lipinski definition) is 3. The molecule has 17 heteroatoms. The molecule has 3 N–H and O–H groups in total. The van der Waals surface area contributed by atoms with Crippen LogP contribution in [0.2, 0.25) is 0 Å². The average Bonchev–Trinajstić information content (AvgIpc) is 3.93. The summed E-state index contributed by atoms with van der Waals surface area (Å²) in [6, 6.07) is 7.07. The summed E-state index contributed by atoms with van der Waals surface area (Å²) < 4.78 is 90.0. The second-order valence-electron chi connectivity index (χ2n) is 15.5. The Hall–Kier alpha value is -3.99. The number of benzene rings is 2. The number of para-hydroxylation sites is 1. The highest BCUT2D eigenvalue weighted by molar-refractivity contribution is 7.91. The maximum atomic E-state index is 14.5. The van der Waals surface area contributed by atoms with E-state index in [1.807, 2.05) is 31.2 Å². The van der Waals surface area contributed by atoms with Crippen molar-refractivity contribution in [3.63, 3.8) is 0 Å². The number of carbonyl (C=O) groups is 3. The fourth-order valence-corrected chi connectivity index (χ4v) is 10.00. The van der Waals surface area contributed by atoms with Gasteiger partial charge in [-0.25, -0.2) is 17.8 Å². The van der Waals surface area contributed by atoms with Gasteiger partial charge in [0, 0.05) is 12.1 Å². The standard InChI is InChI=1S/C37H43F4N5O6S2/c1-21-9-5-3-4-6-11-28(42-24-16-22(37(39,40)41)15-23(38)17-24)32(48)46-20-25(52-34-43-27-10-7-8-12-30(27)53-34)18-29(46)31(47)44-36(19-26(21)36)33(49)45-54(50,51)35(2)13-14-35/h7-8,10,12,15-17,21,25-26,28-29,42H,3-6,9,11,13-14,18-20H2,1-2H3,(H,44,47)(H,45,49)/t21?,25-,26+,28+,29+,36-/m1/s1. The minimum Gasteiger partial charge on any atom is -0.465 e. The smallest absolute Gasteiger partial charge is 0.416 e. The van der Waals surface area contributed by atoms with E-state index in [2.05, 4.69) is 20.3 Å². The third-order valence-electron chi connectivity index (χ3n) is 11.4. The van der Waals surface area contributed by atoms with Crippen LogP contribution in [0.1, 0.15) is 83.6 Å². The predicted octanol–water partition coefficient (Wildman–Crippen LogP) is 6.15. The molecule has 7 rings (SSSR count). The Kier molecular flexibility index (Phi) is 10.1. The minimum atomic E-state index is -4.83. The third kappa shape index (κ3) is 7.75. The Morgan fingerprint density at radius 3 is 2.50 bits per heavy atom. The van der Waals surface area contributed by atoms with Crippen LogP contribution in [-0.4, -0.2) is 71.0 Å². The van der Waals surface area contributed by atoms with Gasteiger partial charge in [-0.05, 0) is 74.8 Å². The van der Waals surface area contributed by atoms with E-state index in [0.29, 0.717) is 48.9 Å². The van der Waals surface area contributed by atoms with Gasteiger partial charge in [-0.1, -0.05) is 62.5 Å². The molecule has 0 bridgehead atoms. The van der Waals surface area contributed by atoms with Crippen LogP contribution in [0, 0.1) is 17.7 Å². The van der Waals surface area contributed by atoms with Crippen molar-refractivity contribution < 1.29 is 45.1 Å². The van der Waals surface area contributed by atoms with Gasteiger partial charge in [-0.2, -0.15) is 13.2 Å². The molecule has 4 fully saturated rings. The number of alkyl halides is 3. The lowest BCUT2D eigenvalue weighted by molar-refractivity contribution is -0.140. The fraction of sp³-hybridized carbons (Fsp3) is 0.568. The summed E-state index contributed by atoms with van der Waals surface area (Å²) in [7, 11) is -4.03. The molecule has 3 heterocycles. The van der Waals surface area contributed by atoms with Gasteiger partial charge >= 0.3 is 6.18 Å². The van der Waals surface area contributed by atoms with Crippen LogP contribution in [-0.2, 0) is 30.6 Å². The molecule has 0 spiro atoms. The van der Waals surface area contributed by atoms with Crippen LogP contribution >= 0.6 is 11.3 Å². The van der Waals surface area contributed by atoms with Crippen LogP contribution < -0.4 is 20.1 Å². The van der Waals surface area contributed by atoms with Crippen molar-refractivity contribution in [2.45, 2.75) is 113 Å². The summed E-state index contributed by atoms with van der Waals surface area (Å²) in [6.45, 7) is 3.45. The summed E-state index contributed by atoms with van der Waals surface area (Å²) in [5.41, 5.74) is -2.28. The molecule has 2 aliphatic heterocycles. The zero-order chi connectivity index (χ0) is 38.6. The summed E-state index contributed by atoms with van der Waals surface area (Å²) >= 11 is 1.29. The number of nitrogens with zero attached hydrogens (tertiary/aromatic N) is 2. The van der Waals surface area contributed by atoms with E-state index < -0.39 is 73.8 Å². The molecule has 11 nitrogen and oxygen atoms in total. The monoisotopic (exact) mass is 793 g/mol. The SMILES string of the molecule is CC1CCCCCC[C@H](Nc2cc(F)cc(C(F)(F)F)c2)C(=O)N2C[C@H](Oc3nc4ccccc4s3)C[C@H]2C(=O)N[C@]2(C(=O)NS(=O)(=O)C3(C)CC3)C[C@@H]12. The quantitative estimate of drug-likeness (QED) is 0.242. The summed E-state index contributed by atoms with van der Waals surface area (Å²) in [5, 5.41) is 6.04. The molecule has 6 atom stereocenters. The number of sulfonamides is 1. The van der Waals surface area contributed by atoms with Crippen molar-refractivity contribution in [2.24, 2.45) is 11.8 Å². The molecule has 292 valence electrons. The highest BCUT2D eigenvalue weighted by Gasteiger charge is 2.65. The van der Waals surface area contributed by atoms with Crippen LogP contribution in [0.5, 0.6) is 5.19 Å². The van der Waals surface area contributed by atoms with E-state index in [1.165, 1.54) is 16.2 Å². The summed E-state index contributed by atoms with van der Waals surface area (Å²) in [5.74, 6) is -3.62. The van der Waals surface area contributed by atoms with Gasteiger partial charge < -0.3 is 20.3 Å². The van der Waals surface area contributed by atoms with E-state index in [0.717, 1.165) is 29.7 Å². The number of amides is 3. The van der Waals surface area contributed by atoms with Crippen molar-refractivity contribution in [3.05, 3.63) is 53.8 Å². The predicted molar refractivity (Wildman–Crippen MR) is 194 cm³/mol. The number of ether oxygens (including phenoxy) is 1. The molecule has 0 radical (unpaired) electrons.